The van der Waals surface area contributed by atoms with E-state index < -0.39 is 6.04 Å². The molecule has 5 nitrogen and oxygen atoms in total. The molecule has 6 heteroatoms. The Labute approximate surface area is 216 Å². The number of carbonyl (C=O) groups is 3. The van der Waals surface area contributed by atoms with Crippen molar-refractivity contribution in [2.75, 3.05) is 11.4 Å². The average molecular weight is 540 g/mol. The highest BCUT2D eigenvalue weighted by Crippen LogP contribution is 2.60. The predicted molar refractivity (Wildman–Crippen MR) is 139 cm³/mol. The van der Waals surface area contributed by atoms with Gasteiger partial charge in [-0.25, -0.2) is 4.90 Å². The second-order valence-electron chi connectivity index (χ2n) is 11.8. The molecule has 1 saturated heterocycles. The molecule has 1 unspecified atom stereocenters. The third-order valence-electron chi connectivity index (χ3n) is 9.40. The minimum atomic E-state index is -0.684. The third-order valence-corrected chi connectivity index (χ3v) is 9.92. The zero-order valence-electron chi connectivity index (χ0n) is 20.4. The van der Waals surface area contributed by atoms with E-state index in [4.69, 9.17) is 0 Å². The highest BCUT2D eigenvalue weighted by Gasteiger charge is 2.57. The molecule has 4 bridgehead atoms. The lowest BCUT2D eigenvalue weighted by atomic mass is 9.49. The Morgan fingerprint density at radius 2 is 1.66 bits per heavy atom. The number of imide groups is 1. The van der Waals surface area contributed by atoms with E-state index in [2.05, 4.69) is 22.0 Å². The Balaban J connectivity index is 1.29. The van der Waals surface area contributed by atoms with Crippen molar-refractivity contribution in [2.24, 2.45) is 23.2 Å². The van der Waals surface area contributed by atoms with Gasteiger partial charge < -0.3 is 4.90 Å². The molecule has 6 aliphatic rings. The zero-order chi connectivity index (χ0) is 24.2. The molecule has 1 aromatic rings. The fraction of sp³-hybridized carbons (Fsp3) is 0.621. The molecule has 186 valence electrons. The molecule has 5 aliphatic carbocycles. The second kappa shape index (κ2) is 9.17. The highest BCUT2D eigenvalue weighted by atomic mass is 79.9. The van der Waals surface area contributed by atoms with Gasteiger partial charge in [0.25, 0.3) is 5.91 Å². The van der Waals surface area contributed by atoms with Crippen molar-refractivity contribution in [3.05, 3.63) is 40.4 Å². The van der Waals surface area contributed by atoms with Crippen molar-refractivity contribution in [3.8, 4) is 0 Å². The summed E-state index contributed by atoms with van der Waals surface area (Å²) in [5.74, 6) is 1.70. The normalized spacial score (nSPS) is 33.9. The van der Waals surface area contributed by atoms with E-state index in [0.717, 1.165) is 43.0 Å². The van der Waals surface area contributed by atoms with Gasteiger partial charge >= 0.3 is 0 Å². The number of nitrogens with zero attached hydrogens (tertiary/aromatic N) is 2. The molecule has 1 aromatic carbocycles. The molecule has 0 spiro atoms. The van der Waals surface area contributed by atoms with Crippen LogP contribution in [-0.4, -0.2) is 35.2 Å². The van der Waals surface area contributed by atoms with Crippen LogP contribution in [0.5, 0.6) is 0 Å². The first-order valence-corrected chi connectivity index (χ1v) is 14.3. The molecule has 0 radical (unpaired) electrons. The molecule has 0 aromatic heterocycles. The van der Waals surface area contributed by atoms with Gasteiger partial charge in [0.15, 0.2) is 0 Å². The zero-order valence-corrected chi connectivity index (χ0v) is 22.0. The number of hydrogen-bond donors (Lipinski definition) is 0. The summed E-state index contributed by atoms with van der Waals surface area (Å²) in [6.45, 7) is 0.546. The number of halogens is 1. The van der Waals surface area contributed by atoms with E-state index >= 15 is 0 Å². The van der Waals surface area contributed by atoms with E-state index in [9.17, 15) is 14.4 Å². The number of anilines is 1. The maximum absolute atomic E-state index is 14.4. The van der Waals surface area contributed by atoms with Gasteiger partial charge in [0, 0.05) is 11.0 Å². The Morgan fingerprint density at radius 1 is 1.00 bits per heavy atom. The van der Waals surface area contributed by atoms with Crippen LogP contribution in [0.25, 0.3) is 0 Å². The summed E-state index contributed by atoms with van der Waals surface area (Å²) in [5, 5.41) is 0. The minimum Gasteiger partial charge on any atom is -0.329 e. The summed E-state index contributed by atoms with van der Waals surface area (Å²) >= 11 is 3.43. The monoisotopic (exact) mass is 538 g/mol. The van der Waals surface area contributed by atoms with Crippen LogP contribution in [0.1, 0.15) is 77.0 Å². The Kier molecular flexibility index (Phi) is 6.14. The smallest absolute Gasteiger partial charge is 0.257 e. The van der Waals surface area contributed by atoms with Gasteiger partial charge in [0.1, 0.15) is 6.04 Å². The van der Waals surface area contributed by atoms with Crippen molar-refractivity contribution in [1.29, 1.82) is 0 Å². The SMILES string of the molecule is O=C1CC(N(CCC2=CCCCC2)C(=O)C23CC4CC(CC(C4)C2)C3)C(=O)N1c1ccc(Br)cc1. The van der Waals surface area contributed by atoms with Crippen LogP contribution in [0.15, 0.2) is 40.4 Å². The lowest BCUT2D eigenvalue weighted by Gasteiger charge is -2.57. The van der Waals surface area contributed by atoms with Gasteiger partial charge in [0.2, 0.25) is 11.8 Å². The van der Waals surface area contributed by atoms with Crippen molar-refractivity contribution < 1.29 is 14.4 Å². The lowest BCUT2D eigenvalue weighted by Crippen LogP contribution is -2.57. The van der Waals surface area contributed by atoms with Crippen LogP contribution in [0, 0.1) is 23.2 Å². The molecular formula is C29H35BrN2O3. The highest BCUT2D eigenvalue weighted by molar-refractivity contribution is 9.10. The quantitative estimate of drug-likeness (QED) is 0.328. The Morgan fingerprint density at radius 3 is 2.26 bits per heavy atom. The first-order chi connectivity index (χ1) is 16.9. The second-order valence-corrected chi connectivity index (χ2v) is 12.7. The number of rotatable bonds is 6. The first kappa shape index (κ1) is 23.4. The van der Waals surface area contributed by atoms with Gasteiger partial charge in [-0.1, -0.05) is 27.6 Å². The summed E-state index contributed by atoms with van der Waals surface area (Å²) in [4.78, 5) is 44.4. The third kappa shape index (κ3) is 4.30. The summed E-state index contributed by atoms with van der Waals surface area (Å²) in [5.41, 5.74) is 1.67. The average Bonchev–Trinajstić information content (AvgIpc) is 3.13. The Bertz CT molecular complexity index is 1030. The van der Waals surface area contributed by atoms with E-state index in [0.29, 0.717) is 30.0 Å². The van der Waals surface area contributed by atoms with E-state index in [-0.39, 0.29) is 29.6 Å². The maximum atomic E-state index is 14.4. The molecule has 3 amide bonds. The van der Waals surface area contributed by atoms with Crippen molar-refractivity contribution in [3.63, 3.8) is 0 Å². The van der Waals surface area contributed by atoms with Gasteiger partial charge in [-0.15, -0.1) is 0 Å². The van der Waals surface area contributed by atoms with Crippen LogP contribution in [0.3, 0.4) is 0 Å². The molecule has 5 fully saturated rings. The summed E-state index contributed by atoms with van der Waals surface area (Å²) < 4.78 is 0.899. The molecule has 1 heterocycles. The number of allylic oxidation sites excluding steroid dienone is 1. The number of amides is 3. The van der Waals surface area contributed by atoms with Crippen LogP contribution in [0.2, 0.25) is 0 Å². The van der Waals surface area contributed by atoms with Gasteiger partial charge in [-0.3, -0.25) is 14.4 Å². The minimum absolute atomic E-state index is 0.0893. The topological polar surface area (TPSA) is 57.7 Å². The van der Waals surface area contributed by atoms with Crippen LogP contribution in [0.4, 0.5) is 5.69 Å². The summed E-state index contributed by atoms with van der Waals surface area (Å²) in [7, 11) is 0. The molecule has 35 heavy (non-hydrogen) atoms. The molecule has 1 aliphatic heterocycles. The van der Waals surface area contributed by atoms with Crippen molar-refractivity contribution in [2.45, 2.75) is 83.1 Å². The maximum Gasteiger partial charge on any atom is 0.257 e. The first-order valence-electron chi connectivity index (χ1n) is 13.5. The van der Waals surface area contributed by atoms with E-state index in [1.54, 1.807) is 12.1 Å². The van der Waals surface area contributed by atoms with E-state index in [1.807, 2.05) is 17.0 Å². The van der Waals surface area contributed by atoms with Gasteiger partial charge in [-0.2, -0.15) is 0 Å². The standard InChI is InChI=1S/C29H35BrN2O3/c30-23-6-8-24(9-7-23)32-26(33)15-25(27(32)34)31(11-10-19-4-2-1-3-5-19)28(35)29-16-20-12-21(17-29)14-22(13-20)18-29/h4,6-9,20-22,25H,1-3,5,10-18H2. The fourth-order valence-corrected chi connectivity index (χ4v) is 8.46. The summed E-state index contributed by atoms with van der Waals surface area (Å²) in [6.07, 6.45) is 14.6. The number of carbonyl (C=O) groups excluding carboxylic acids is 3. The predicted octanol–water partition coefficient (Wildman–Crippen LogP) is 6.02. The lowest BCUT2D eigenvalue weighted by molar-refractivity contribution is -0.161. The van der Waals surface area contributed by atoms with Crippen LogP contribution in [-0.2, 0) is 14.4 Å². The fourth-order valence-electron chi connectivity index (χ4n) is 8.19. The molecule has 4 saturated carbocycles. The van der Waals surface area contributed by atoms with Gasteiger partial charge in [0.05, 0.1) is 17.5 Å². The van der Waals surface area contributed by atoms with Crippen molar-refractivity contribution in [1.82, 2.24) is 4.90 Å². The van der Waals surface area contributed by atoms with Gasteiger partial charge in [-0.05, 0) is 113 Å². The number of benzene rings is 1. The van der Waals surface area contributed by atoms with E-state index in [1.165, 1.54) is 42.6 Å². The van der Waals surface area contributed by atoms with Crippen LogP contribution >= 0.6 is 15.9 Å². The molecule has 0 N–H and O–H groups in total. The molecule has 7 rings (SSSR count). The number of hydrogen-bond acceptors (Lipinski definition) is 3. The summed E-state index contributed by atoms with van der Waals surface area (Å²) in [6, 6.07) is 6.59. The van der Waals surface area contributed by atoms with Crippen LogP contribution < -0.4 is 4.90 Å². The molecular weight excluding hydrogens is 504 g/mol. The van der Waals surface area contributed by atoms with Crippen molar-refractivity contribution >= 4 is 39.3 Å². The Hall–Kier alpha value is -1.95. The molecule has 1 atom stereocenters. The largest absolute Gasteiger partial charge is 0.329 e.